The van der Waals surface area contributed by atoms with Crippen molar-refractivity contribution in [2.24, 2.45) is 0 Å². The average molecular weight is 612 g/mol. The number of hydrogen-bond acceptors (Lipinski definition) is 2. The van der Waals surface area contributed by atoms with Crippen LogP contribution in [0.4, 0.5) is 0 Å². The van der Waals surface area contributed by atoms with Gasteiger partial charge in [-0.2, -0.15) is 0 Å². The molecule has 2 radical (unpaired) electrons. The molecule has 3 rings (SSSR count). The third-order valence-corrected chi connectivity index (χ3v) is 4.56. The summed E-state index contributed by atoms with van der Waals surface area (Å²) in [6, 6.07) is 16.8. The van der Waals surface area contributed by atoms with Crippen molar-refractivity contribution in [1.29, 1.82) is 0 Å². The van der Waals surface area contributed by atoms with E-state index in [2.05, 4.69) is 56.6 Å². The molecule has 2 aromatic rings. The number of rotatable bonds is 3. The number of likely N-dealkylation sites (tertiary alicyclic amines) is 1. The molecule has 1 aliphatic rings. The quantitative estimate of drug-likeness (QED) is 0.322. The van der Waals surface area contributed by atoms with E-state index in [0.717, 1.165) is 18.7 Å². The summed E-state index contributed by atoms with van der Waals surface area (Å²) >= 11 is 6.33. The van der Waals surface area contributed by atoms with E-state index < -0.39 is 5.60 Å². The first-order chi connectivity index (χ1) is 17.2. The van der Waals surface area contributed by atoms with Gasteiger partial charge in [0.15, 0.2) is 5.60 Å². The Morgan fingerprint density at radius 3 is 1.57 bits per heavy atom. The minimum atomic E-state index is -1.39. The van der Waals surface area contributed by atoms with Gasteiger partial charge in [0.25, 0.3) is 0 Å². The summed E-state index contributed by atoms with van der Waals surface area (Å²) in [6.45, 7) is 29.9. The van der Waals surface area contributed by atoms with Crippen LogP contribution in [0.25, 0.3) is 0 Å². The summed E-state index contributed by atoms with van der Waals surface area (Å²) in [7, 11) is 0. The number of aliphatic hydroxyl groups is 1. The molecule has 0 aromatic heterocycles. The summed E-state index contributed by atoms with van der Waals surface area (Å²) in [5.74, 6) is 6.24. The second kappa shape index (κ2) is 35.8. The first-order valence-corrected chi connectivity index (χ1v) is 9.56. The van der Waals surface area contributed by atoms with Gasteiger partial charge in [0.1, 0.15) is 0 Å². The Kier molecular flexibility index (Phi) is 46.3. The molecule has 1 N–H and O–H groups in total. The van der Waals surface area contributed by atoms with Crippen LogP contribution in [0.1, 0.15) is 24.0 Å². The summed E-state index contributed by atoms with van der Waals surface area (Å²) in [5, 5.41) is 11.9. The normalized spacial score (nSPS) is 11.1. The van der Waals surface area contributed by atoms with Gasteiger partial charge in [-0.05, 0) is 32.0 Å². The molecule has 37 heavy (non-hydrogen) atoms. The first-order valence-electron chi connectivity index (χ1n) is 9.18. The standard InChI is InChI=1S/C20H20ClNO.6CO.2Co/c21-19-12-5-4-11-18(19)20(23,17-9-2-1-3-10-17)13-8-16-22-14-6-7-15-22;6*1-2;;/h1-5,9-12,23H,6-7,14-16H2;;;;;;;;. The van der Waals surface area contributed by atoms with Crippen molar-refractivity contribution in [3.8, 4) is 11.8 Å². The molecule has 0 aliphatic carbocycles. The Morgan fingerprint density at radius 2 is 1.14 bits per heavy atom. The van der Waals surface area contributed by atoms with Crippen molar-refractivity contribution in [1.82, 2.24) is 4.90 Å². The van der Waals surface area contributed by atoms with Crippen molar-refractivity contribution in [2.75, 3.05) is 19.6 Å². The predicted octanol–water partition coefficient (Wildman–Crippen LogP) is 3.45. The van der Waals surface area contributed by atoms with E-state index in [4.69, 9.17) is 39.5 Å². The number of halogens is 1. The van der Waals surface area contributed by atoms with Crippen LogP contribution >= 0.6 is 11.6 Å². The molecule has 2 aromatic carbocycles. The molecule has 0 bridgehead atoms. The summed E-state index contributed by atoms with van der Waals surface area (Å²) in [5.41, 5.74) is -0.0249. The van der Waals surface area contributed by atoms with Gasteiger partial charge in [-0.3, -0.25) is 4.90 Å². The van der Waals surface area contributed by atoms with Gasteiger partial charge >= 0.3 is 67.8 Å². The smallest absolute Gasteiger partial charge is 0 e. The first kappa shape index (κ1) is 47.8. The van der Waals surface area contributed by atoms with Gasteiger partial charge in [-0.15, -0.1) is 0 Å². The molecule has 0 spiro atoms. The van der Waals surface area contributed by atoms with Gasteiger partial charge in [0, 0.05) is 49.7 Å². The zero-order valence-electron chi connectivity index (χ0n) is 19.1. The van der Waals surface area contributed by atoms with Gasteiger partial charge in [-0.25, -0.2) is 0 Å². The van der Waals surface area contributed by atoms with Crippen LogP contribution in [-0.2, 0) is 67.1 Å². The van der Waals surface area contributed by atoms with Gasteiger partial charge in [-0.1, -0.05) is 72.0 Å². The molecule has 1 aliphatic heterocycles. The summed E-state index contributed by atoms with van der Waals surface area (Å²) in [6.07, 6.45) is 2.46. The molecule has 8 nitrogen and oxygen atoms in total. The maximum atomic E-state index is 11.3. The molecule has 1 saturated heterocycles. The van der Waals surface area contributed by atoms with Crippen molar-refractivity contribution >= 4 is 11.6 Å². The third-order valence-electron chi connectivity index (χ3n) is 4.23. The van der Waals surface area contributed by atoms with Gasteiger partial charge < -0.3 is 5.11 Å². The van der Waals surface area contributed by atoms with Gasteiger partial charge in [0.2, 0.25) is 0 Å². The van der Waals surface area contributed by atoms with E-state index in [1.807, 2.05) is 48.5 Å². The van der Waals surface area contributed by atoms with Crippen molar-refractivity contribution in [2.45, 2.75) is 18.4 Å². The molecule has 196 valence electrons. The van der Waals surface area contributed by atoms with E-state index in [0.29, 0.717) is 17.1 Å². The number of benzene rings is 2. The topological polar surface area (TPSA) is 143 Å². The fourth-order valence-electron chi connectivity index (χ4n) is 2.95. The Bertz CT molecular complexity index is 944. The van der Waals surface area contributed by atoms with Crippen LogP contribution in [0.15, 0.2) is 54.6 Å². The second-order valence-corrected chi connectivity index (χ2v) is 6.25. The third kappa shape index (κ3) is 18.5. The van der Waals surface area contributed by atoms with Crippen LogP contribution in [0.5, 0.6) is 0 Å². The van der Waals surface area contributed by atoms with Crippen molar-refractivity contribution in [3.05, 3.63) is 111 Å². The fraction of sp³-hybridized carbons (Fsp3) is 0.231. The minimum Gasteiger partial charge on any atom is 0 e. The molecule has 1 fully saturated rings. The van der Waals surface area contributed by atoms with E-state index in [9.17, 15) is 5.11 Å². The maximum Gasteiger partial charge on any atom is 0 e. The van der Waals surface area contributed by atoms with E-state index in [-0.39, 0.29) is 33.6 Å². The van der Waals surface area contributed by atoms with Crippen LogP contribution in [0.3, 0.4) is 0 Å². The zero-order chi connectivity index (χ0) is 28.1. The Hall–Kier alpha value is -2.34. The van der Waals surface area contributed by atoms with Gasteiger partial charge in [0.05, 0.1) is 6.54 Å². The Morgan fingerprint density at radius 1 is 0.730 bits per heavy atom. The minimum absolute atomic E-state index is 0. The monoisotopic (exact) mass is 611 g/mol. The van der Waals surface area contributed by atoms with E-state index >= 15 is 0 Å². The van der Waals surface area contributed by atoms with E-state index in [1.165, 1.54) is 12.8 Å². The van der Waals surface area contributed by atoms with Crippen molar-refractivity contribution in [3.63, 3.8) is 0 Å². The fourth-order valence-corrected chi connectivity index (χ4v) is 3.22. The molecule has 0 saturated carbocycles. The maximum absolute atomic E-state index is 11.3. The molecule has 1 unspecified atom stereocenters. The average Bonchev–Trinajstić information content (AvgIpc) is 3.49. The van der Waals surface area contributed by atoms with E-state index in [1.54, 1.807) is 6.07 Å². The summed E-state index contributed by atoms with van der Waals surface area (Å²) in [4.78, 5) is 2.31. The molecule has 0 amide bonds. The number of hydrogen-bond donors (Lipinski definition) is 1. The Labute approximate surface area is 242 Å². The largest absolute Gasteiger partial charge is 0 e. The van der Waals surface area contributed by atoms with Crippen LogP contribution in [0, 0.1) is 51.7 Å². The van der Waals surface area contributed by atoms with Crippen LogP contribution in [-0.4, -0.2) is 29.6 Å². The number of nitrogens with zero attached hydrogens (tertiary/aromatic N) is 1. The van der Waals surface area contributed by atoms with Crippen LogP contribution in [0.2, 0.25) is 5.02 Å². The summed E-state index contributed by atoms with van der Waals surface area (Å²) < 4.78 is 45.0. The molecule has 1 heterocycles. The zero-order valence-corrected chi connectivity index (χ0v) is 22.0. The molecule has 11 heteroatoms. The van der Waals surface area contributed by atoms with Crippen molar-refractivity contribution < 1.29 is 66.6 Å². The Balaban J connectivity index is -0.000000152. The molecular formula is C26H20ClCo2NO7. The molecule has 1 atom stereocenters. The SMILES string of the molecule is OC(C#CCN1CCCC1)(c1ccccc1)c1ccccc1Cl.[C-]#[O+].[C-]#[O+].[C-]#[O+].[C-]#[O+].[C-]#[O+].[C-]#[O+].[Co].[Co]. The molecular weight excluding hydrogens is 592 g/mol. The van der Waals surface area contributed by atoms with Crippen LogP contribution < -0.4 is 0 Å². The predicted molar refractivity (Wildman–Crippen MR) is 118 cm³/mol. The second-order valence-electron chi connectivity index (χ2n) is 5.84.